The molecule has 0 fully saturated rings. The van der Waals surface area contributed by atoms with Crippen LogP contribution in [0.2, 0.25) is 0 Å². The Morgan fingerprint density at radius 2 is 0.582 bits per heavy atom. The van der Waals surface area contributed by atoms with E-state index < -0.39 is 12.1 Å². The summed E-state index contributed by atoms with van der Waals surface area (Å²) in [4.78, 5) is 12.5. The average Bonchev–Trinajstić information content (AvgIpc) is 3.33. The van der Waals surface area contributed by atoms with E-state index in [1.165, 1.54) is 283 Å². The molecule has 0 aliphatic rings. The third-order valence-electron chi connectivity index (χ3n) is 14.4. The number of aliphatic hydroxyl groups excluding tert-OH is 2. The van der Waals surface area contributed by atoms with Crippen molar-refractivity contribution in [3.8, 4) is 0 Å². The number of nitrogens with one attached hydrogen (secondary N) is 1. The molecule has 0 aromatic heterocycles. The fourth-order valence-corrected chi connectivity index (χ4v) is 9.69. The molecule has 3 N–H and O–H groups in total. The molecule has 4 heteroatoms. The molecule has 0 aliphatic carbocycles. The largest absolute Gasteiger partial charge is 0.394 e. The summed E-state index contributed by atoms with van der Waals surface area (Å²) in [6.07, 6.45) is 80.6. The van der Waals surface area contributed by atoms with Gasteiger partial charge in [0.05, 0.1) is 18.8 Å². The minimum absolute atomic E-state index is 0.0709. The molecule has 396 valence electrons. The fraction of sp³-hybridized carbons (Fsp3) is 0.889. The van der Waals surface area contributed by atoms with Gasteiger partial charge in [-0.3, -0.25) is 4.79 Å². The fourth-order valence-electron chi connectivity index (χ4n) is 9.69. The second-order valence-corrected chi connectivity index (χ2v) is 21.1. The van der Waals surface area contributed by atoms with Gasteiger partial charge in [0.2, 0.25) is 5.91 Å². The topological polar surface area (TPSA) is 69.6 Å². The minimum atomic E-state index is -0.869. The Labute approximate surface area is 421 Å². The molecule has 2 unspecified atom stereocenters. The van der Waals surface area contributed by atoms with Gasteiger partial charge in [0.1, 0.15) is 0 Å². The van der Waals surface area contributed by atoms with Crippen molar-refractivity contribution < 1.29 is 15.0 Å². The van der Waals surface area contributed by atoms with Crippen molar-refractivity contribution >= 4 is 5.91 Å². The lowest BCUT2D eigenvalue weighted by molar-refractivity contribution is -0.123. The van der Waals surface area contributed by atoms with Crippen LogP contribution in [0.25, 0.3) is 0 Å². The number of carbonyl (C=O) groups is 1. The predicted molar refractivity (Wildman–Crippen MR) is 299 cm³/mol. The Kier molecular flexibility index (Phi) is 57.7. The molecule has 0 rings (SSSR count). The number of allylic oxidation sites excluding steroid dienone is 5. The van der Waals surface area contributed by atoms with E-state index in [9.17, 15) is 15.0 Å². The van der Waals surface area contributed by atoms with E-state index in [2.05, 4.69) is 43.5 Å². The Balaban J connectivity index is 3.47. The summed E-state index contributed by atoms with van der Waals surface area (Å²) in [5.41, 5.74) is 0. The lowest BCUT2D eigenvalue weighted by Crippen LogP contribution is -2.45. The molecule has 2 atom stereocenters. The Hall–Kier alpha value is -1.39. The maximum absolute atomic E-state index is 12.5. The van der Waals surface area contributed by atoms with Crippen LogP contribution in [0.1, 0.15) is 341 Å². The van der Waals surface area contributed by atoms with Crippen LogP contribution >= 0.6 is 0 Å². The first-order valence-corrected chi connectivity index (χ1v) is 30.7. The molecule has 67 heavy (non-hydrogen) atoms. The summed E-state index contributed by atoms with van der Waals surface area (Å²) in [5.74, 6) is -0.0709. The summed E-state index contributed by atoms with van der Waals surface area (Å²) < 4.78 is 0. The van der Waals surface area contributed by atoms with Gasteiger partial charge in [-0.05, 0) is 44.9 Å². The molecule has 0 spiro atoms. The van der Waals surface area contributed by atoms with Gasteiger partial charge in [-0.1, -0.05) is 326 Å². The predicted octanol–water partition coefficient (Wildman–Crippen LogP) is 20.4. The van der Waals surface area contributed by atoms with Gasteiger partial charge in [-0.25, -0.2) is 0 Å². The van der Waals surface area contributed by atoms with Gasteiger partial charge in [0.15, 0.2) is 0 Å². The maximum atomic E-state index is 12.5. The smallest absolute Gasteiger partial charge is 0.220 e. The average molecular weight is 941 g/mol. The highest BCUT2D eigenvalue weighted by molar-refractivity contribution is 5.76. The van der Waals surface area contributed by atoms with Gasteiger partial charge in [-0.2, -0.15) is 0 Å². The Morgan fingerprint density at radius 3 is 0.866 bits per heavy atom. The van der Waals surface area contributed by atoms with E-state index in [1.54, 1.807) is 6.08 Å². The number of unbranched alkanes of at least 4 members (excludes halogenated alkanes) is 46. The number of hydrogen-bond donors (Lipinski definition) is 3. The Morgan fingerprint density at radius 1 is 0.343 bits per heavy atom. The highest BCUT2D eigenvalue weighted by Crippen LogP contribution is 2.18. The van der Waals surface area contributed by atoms with E-state index in [-0.39, 0.29) is 12.5 Å². The molecule has 0 saturated carbocycles. The van der Waals surface area contributed by atoms with Crippen molar-refractivity contribution in [2.75, 3.05) is 6.61 Å². The van der Waals surface area contributed by atoms with Crippen molar-refractivity contribution in [1.82, 2.24) is 5.32 Å². The van der Waals surface area contributed by atoms with E-state index in [4.69, 9.17) is 0 Å². The van der Waals surface area contributed by atoms with Crippen LogP contribution in [0.15, 0.2) is 36.5 Å². The number of amides is 1. The third kappa shape index (κ3) is 55.4. The lowest BCUT2D eigenvalue weighted by Gasteiger charge is -2.19. The van der Waals surface area contributed by atoms with Gasteiger partial charge in [0, 0.05) is 6.42 Å². The SMILES string of the molecule is CCCCCCCCCCCCCCC/C=C/CC/C=C/CC/C=C/C(O)C(CO)NC(=O)CCCCCCCCCCCCCCCCCCCCCCCCCCCCCCCCCC. The first kappa shape index (κ1) is 65.6. The standard InChI is InChI=1S/C63H121NO3/c1-3-5-7-9-11-13-15-17-19-21-23-25-27-28-29-30-31-32-33-34-35-37-39-41-43-45-47-49-51-53-55-57-59-63(67)64-61(60-65)62(66)58-56-54-52-50-48-46-44-42-40-38-36-26-24-22-20-18-16-14-12-10-8-6-4-2/h40,42,48,50,56,58,61-62,65-66H,3-39,41,43-47,49,51-55,57,59-60H2,1-2H3,(H,64,67)/b42-40+,50-48+,58-56+. The molecule has 0 heterocycles. The summed E-state index contributed by atoms with van der Waals surface area (Å²) in [5, 5.41) is 23.2. The normalized spacial score (nSPS) is 13.0. The van der Waals surface area contributed by atoms with Crippen LogP contribution in [-0.2, 0) is 4.79 Å². The van der Waals surface area contributed by atoms with Gasteiger partial charge in [-0.15, -0.1) is 0 Å². The highest BCUT2D eigenvalue weighted by atomic mass is 16.3. The van der Waals surface area contributed by atoms with Crippen LogP contribution in [0.5, 0.6) is 0 Å². The van der Waals surface area contributed by atoms with Crippen molar-refractivity contribution in [3.63, 3.8) is 0 Å². The molecule has 1 amide bonds. The monoisotopic (exact) mass is 940 g/mol. The third-order valence-corrected chi connectivity index (χ3v) is 14.4. The molecular formula is C63H121NO3. The summed E-state index contributed by atoms with van der Waals surface area (Å²) in [6, 6.07) is -0.644. The quantitative estimate of drug-likeness (QED) is 0.0420. The van der Waals surface area contributed by atoms with Crippen LogP contribution in [0, 0.1) is 0 Å². The highest BCUT2D eigenvalue weighted by Gasteiger charge is 2.18. The van der Waals surface area contributed by atoms with Gasteiger partial charge in [0.25, 0.3) is 0 Å². The summed E-state index contributed by atoms with van der Waals surface area (Å²) >= 11 is 0. The second kappa shape index (κ2) is 58.9. The van der Waals surface area contributed by atoms with Gasteiger partial charge < -0.3 is 15.5 Å². The molecule has 0 aliphatic heterocycles. The molecule has 0 aromatic carbocycles. The van der Waals surface area contributed by atoms with E-state index >= 15 is 0 Å². The first-order valence-electron chi connectivity index (χ1n) is 30.7. The summed E-state index contributed by atoms with van der Waals surface area (Å²) in [6.45, 7) is 4.33. The maximum Gasteiger partial charge on any atom is 0.220 e. The van der Waals surface area contributed by atoms with Crippen LogP contribution in [0.3, 0.4) is 0 Å². The van der Waals surface area contributed by atoms with E-state index in [0.717, 1.165) is 38.5 Å². The number of carbonyl (C=O) groups excluding carboxylic acids is 1. The van der Waals surface area contributed by atoms with Crippen LogP contribution in [0.4, 0.5) is 0 Å². The van der Waals surface area contributed by atoms with Crippen molar-refractivity contribution in [2.45, 2.75) is 353 Å². The van der Waals surface area contributed by atoms with Crippen molar-refractivity contribution in [3.05, 3.63) is 36.5 Å². The molecule has 0 aromatic rings. The summed E-state index contributed by atoms with van der Waals surface area (Å²) in [7, 11) is 0. The number of hydrogen-bond acceptors (Lipinski definition) is 3. The number of aliphatic hydroxyl groups is 2. The molecule has 4 nitrogen and oxygen atoms in total. The molecule has 0 saturated heterocycles. The molecule has 0 radical (unpaired) electrons. The van der Waals surface area contributed by atoms with E-state index in [1.807, 2.05) is 6.08 Å². The van der Waals surface area contributed by atoms with Gasteiger partial charge >= 0.3 is 0 Å². The molecule has 0 bridgehead atoms. The van der Waals surface area contributed by atoms with Crippen molar-refractivity contribution in [2.24, 2.45) is 0 Å². The van der Waals surface area contributed by atoms with Crippen LogP contribution in [-0.4, -0.2) is 34.9 Å². The van der Waals surface area contributed by atoms with Crippen LogP contribution < -0.4 is 5.32 Å². The molecular weight excluding hydrogens is 819 g/mol. The van der Waals surface area contributed by atoms with Crippen molar-refractivity contribution in [1.29, 1.82) is 0 Å². The zero-order valence-electron chi connectivity index (χ0n) is 45.7. The first-order chi connectivity index (χ1) is 33.2. The van der Waals surface area contributed by atoms with E-state index in [0.29, 0.717) is 6.42 Å². The Bertz CT molecular complexity index is 1020. The number of rotatable bonds is 57. The lowest BCUT2D eigenvalue weighted by atomic mass is 10.0. The zero-order valence-corrected chi connectivity index (χ0v) is 45.7. The minimum Gasteiger partial charge on any atom is -0.394 e. The zero-order chi connectivity index (χ0) is 48.5. The second-order valence-electron chi connectivity index (χ2n) is 21.1.